The third-order valence-electron chi connectivity index (χ3n) is 3.49. The second kappa shape index (κ2) is 7.68. The van der Waals surface area contributed by atoms with E-state index in [0.717, 1.165) is 5.56 Å². The number of nitriles is 1. The van der Waals surface area contributed by atoms with Crippen molar-refractivity contribution in [2.45, 2.75) is 0 Å². The summed E-state index contributed by atoms with van der Waals surface area (Å²) in [5.41, 5.74) is 0.917. The number of nitrogens with zero attached hydrogens (tertiary/aromatic N) is 1. The molecule has 6 heteroatoms. The maximum atomic E-state index is 13.2. The van der Waals surface area contributed by atoms with Gasteiger partial charge in [0.05, 0.1) is 0 Å². The molecule has 0 saturated carbocycles. The van der Waals surface area contributed by atoms with Crippen LogP contribution in [0.2, 0.25) is 5.02 Å². The molecule has 0 radical (unpaired) electrons. The van der Waals surface area contributed by atoms with Crippen molar-refractivity contribution in [1.29, 1.82) is 5.26 Å². The van der Waals surface area contributed by atoms with Gasteiger partial charge < -0.3 is 9.73 Å². The summed E-state index contributed by atoms with van der Waals surface area (Å²) in [5.74, 6) is -0.205. The normalized spacial score (nSPS) is 11.0. The monoisotopic (exact) mass is 366 g/mol. The molecule has 0 aliphatic heterocycles. The van der Waals surface area contributed by atoms with Gasteiger partial charge in [0, 0.05) is 22.3 Å². The average molecular weight is 367 g/mol. The van der Waals surface area contributed by atoms with Crippen molar-refractivity contribution >= 4 is 29.3 Å². The summed E-state index contributed by atoms with van der Waals surface area (Å²) < 4.78 is 18.8. The highest BCUT2D eigenvalue weighted by atomic mass is 35.5. The number of halogens is 2. The number of hydrogen-bond acceptors (Lipinski definition) is 3. The predicted molar refractivity (Wildman–Crippen MR) is 97.8 cm³/mol. The molecule has 128 valence electrons. The summed E-state index contributed by atoms with van der Waals surface area (Å²) in [4.78, 5) is 12.2. The molecule has 1 amide bonds. The van der Waals surface area contributed by atoms with Gasteiger partial charge in [-0.25, -0.2) is 4.39 Å². The number of benzene rings is 2. The summed E-state index contributed by atoms with van der Waals surface area (Å²) >= 11 is 5.86. The molecule has 3 aromatic rings. The minimum absolute atomic E-state index is 0.161. The van der Waals surface area contributed by atoms with Crippen LogP contribution in [0.5, 0.6) is 0 Å². The molecule has 0 fully saturated rings. The first kappa shape index (κ1) is 17.5. The van der Waals surface area contributed by atoms with Crippen molar-refractivity contribution in [3.05, 3.63) is 82.8 Å². The third kappa shape index (κ3) is 4.18. The number of furan rings is 1. The molecular weight excluding hydrogens is 355 g/mol. The van der Waals surface area contributed by atoms with Crippen LogP contribution in [-0.2, 0) is 4.79 Å². The van der Waals surface area contributed by atoms with Crippen LogP contribution in [0.1, 0.15) is 5.76 Å². The Bertz CT molecular complexity index is 1020. The molecular formula is C20H12ClFN2O2. The molecule has 0 atom stereocenters. The maximum Gasteiger partial charge on any atom is 0.266 e. The Morgan fingerprint density at radius 1 is 1.15 bits per heavy atom. The Balaban J connectivity index is 1.80. The van der Waals surface area contributed by atoms with Gasteiger partial charge in [-0.15, -0.1) is 0 Å². The van der Waals surface area contributed by atoms with Gasteiger partial charge >= 0.3 is 0 Å². The zero-order valence-corrected chi connectivity index (χ0v) is 14.1. The second-order valence-corrected chi connectivity index (χ2v) is 5.78. The van der Waals surface area contributed by atoms with E-state index in [-0.39, 0.29) is 11.3 Å². The zero-order valence-electron chi connectivity index (χ0n) is 13.4. The number of carbonyl (C=O) groups is 1. The van der Waals surface area contributed by atoms with Crippen molar-refractivity contribution in [2.24, 2.45) is 0 Å². The van der Waals surface area contributed by atoms with Crippen molar-refractivity contribution in [3.8, 4) is 17.4 Å². The van der Waals surface area contributed by atoms with Gasteiger partial charge in [-0.1, -0.05) is 17.7 Å². The van der Waals surface area contributed by atoms with E-state index in [0.29, 0.717) is 16.5 Å². The fourth-order valence-electron chi connectivity index (χ4n) is 2.26. The molecule has 4 nitrogen and oxygen atoms in total. The predicted octanol–water partition coefficient (Wildman–Crippen LogP) is 5.28. The highest BCUT2D eigenvalue weighted by Gasteiger charge is 2.12. The van der Waals surface area contributed by atoms with Gasteiger partial charge in [-0.3, -0.25) is 4.79 Å². The van der Waals surface area contributed by atoms with E-state index in [1.165, 1.54) is 30.3 Å². The highest BCUT2D eigenvalue weighted by Crippen LogP contribution is 2.25. The molecule has 3 rings (SSSR count). The maximum absolute atomic E-state index is 13.2. The van der Waals surface area contributed by atoms with E-state index in [4.69, 9.17) is 16.0 Å². The van der Waals surface area contributed by atoms with Crippen molar-refractivity contribution in [3.63, 3.8) is 0 Å². The summed E-state index contributed by atoms with van der Waals surface area (Å²) in [5, 5.41) is 12.3. The molecule has 0 spiro atoms. The molecule has 1 N–H and O–H groups in total. The van der Waals surface area contributed by atoms with Gasteiger partial charge in [0.2, 0.25) is 0 Å². The molecule has 0 unspecified atom stereocenters. The lowest BCUT2D eigenvalue weighted by Crippen LogP contribution is -2.13. The fourth-order valence-corrected chi connectivity index (χ4v) is 2.38. The summed E-state index contributed by atoms with van der Waals surface area (Å²) in [6.07, 6.45) is 1.33. The van der Waals surface area contributed by atoms with Crippen LogP contribution >= 0.6 is 11.6 Å². The molecule has 2 aromatic carbocycles. The first-order chi connectivity index (χ1) is 12.5. The number of nitrogens with one attached hydrogen (secondary N) is 1. The van der Waals surface area contributed by atoms with Crippen LogP contribution < -0.4 is 5.32 Å². The minimum Gasteiger partial charge on any atom is -0.457 e. The topological polar surface area (TPSA) is 66.0 Å². The second-order valence-electron chi connectivity index (χ2n) is 5.34. The Kier molecular flexibility index (Phi) is 5.16. The summed E-state index contributed by atoms with van der Waals surface area (Å²) in [6.45, 7) is 0. The lowest BCUT2D eigenvalue weighted by atomic mass is 10.2. The van der Waals surface area contributed by atoms with Crippen molar-refractivity contribution in [2.75, 3.05) is 5.32 Å². The SMILES string of the molecule is N#CC(=Cc1ccc(-c2ccc(Cl)cc2)o1)C(=O)Nc1cccc(F)c1. The highest BCUT2D eigenvalue weighted by molar-refractivity contribution is 6.30. The lowest BCUT2D eigenvalue weighted by Gasteiger charge is -2.03. The Labute approximate surface area is 154 Å². The van der Waals surface area contributed by atoms with E-state index in [1.54, 1.807) is 36.4 Å². The average Bonchev–Trinajstić information content (AvgIpc) is 3.09. The number of rotatable bonds is 4. The number of amides is 1. The molecule has 0 aliphatic carbocycles. The fraction of sp³-hybridized carbons (Fsp3) is 0. The van der Waals surface area contributed by atoms with Gasteiger partial charge in [0.15, 0.2) is 0 Å². The van der Waals surface area contributed by atoms with E-state index < -0.39 is 11.7 Å². The van der Waals surface area contributed by atoms with E-state index in [9.17, 15) is 14.4 Å². The largest absolute Gasteiger partial charge is 0.457 e. The van der Waals surface area contributed by atoms with Crippen LogP contribution in [0.3, 0.4) is 0 Å². The van der Waals surface area contributed by atoms with Crippen LogP contribution in [0.4, 0.5) is 10.1 Å². The lowest BCUT2D eigenvalue weighted by molar-refractivity contribution is -0.112. The van der Waals surface area contributed by atoms with Gasteiger partial charge in [0.1, 0.15) is 29.0 Å². The molecule has 1 heterocycles. The molecule has 1 aromatic heterocycles. The van der Waals surface area contributed by atoms with Gasteiger partial charge in [-0.05, 0) is 54.6 Å². The smallest absolute Gasteiger partial charge is 0.266 e. The summed E-state index contributed by atoms with van der Waals surface area (Å²) in [6, 6.07) is 17.7. The quantitative estimate of drug-likeness (QED) is 0.504. The summed E-state index contributed by atoms with van der Waals surface area (Å²) in [7, 11) is 0. The van der Waals surface area contributed by atoms with Gasteiger partial charge in [0.25, 0.3) is 5.91 Å². The molecule has 0 aliphatic rings. The Morgan fingerprint density at radius 3 is 2.62 bits per heavy atom. The first-order valence-corrected chi connectivity index (χ1v) is 7.97. The number of hydrogen-bond donors (Lipinski definition) is 1. The third-order valence-corrected chi connectivity index (χ3v) is 3.74. The van der Waals surface area contributed by atoms with Crippen LogP contribution in [0.25, 0.3) is 17.4 Å². The molecule has 0 saturated heterocycles. The Hall–Kier alpha value is -3.36. The zero-order chi connectivity index (χ0) is 18.5. The van der Waals surface area contributed by atoms with Crippen LogP contribution in [0.15, 0.2) is 70.7 Å². The molecule has 26 heavy (non-hydrogen) atoms. The van der Waals surface area contributed by atoms with E-state index in [2.05, 4.69) is 5.32 Å². The van der Waals surface area contributed by atoms with Crippen molar-refractivity contribution < 1.29 is 13.6 Å². The van der Waals surface area contributed by atoms with E-state index >= 15 is 0 Å². The standard InChI is InChI=1S/C20H12ClFN2O2/c21-15-6-4-13(5-7-15)19-9-8-18(26-19)10-14(12-23)20(25)24-17-3-1-2-16(22)11-17/h1-11H,(H,24,25). The minimum atomic E-state index is -0.650. The first-order valence-electron chi connectivity index (χ1n) is 7.59. The molecule has 0 bridgehead atoms. The van der Waals surface area contributed by atoms with Crippen LogP contribution in [0, 0.1) is 17.1 Å². The number of carbonyl (C=O) groups excluding carboxylic acids is 1. The number of anilines is 1. The van der Waals surface area contributed by atoms with Crippen molar-refractivity contribution in [1.82, 2.24) is 0 Å². The van der Waals surface area contributed by atoms with Gasteiger partial charge in [-0.2, -0.15) is 5.26 Å². The van der Waals surface area contributed by atoms with Crippen LogP contribution in [-0.4, -0.2) is 5.91 Å². The Morgan fingerprint density at radius 2 is 1.92 bits per heavy atom. The van der Waals surface area contributed by atoms with E-state index in [1.807, 2.05) is 6.07 Å².